The van der Waals surface area contributed by atoms with Gasteiger partial charge in [-0.1, -0.05) is 71.9 Å². The highest BCUT2D eigenvalue weighted by Crippen LogP contribution is 2.47. The molecule has 1 atom stereocenters. The Morgan fingerprint density at radius 2 is 1.95 bits per heavy atom. The van der Waals surface area contributed by atoms with Crippen LogP contribution in [0.1, 0.15) is 41.8 Å². The van der Waals surface area contributed by atoms with Crippen LogP contribution in [0, 0.1) is 6.92 Å². The van der Waals surface area contributed by atoms with Gasteiger partial charge in [-0.25, -0.2) is 9.79 Å². The molecule has 0 spiro atoms. The number of hydrogen-bond acceptors (Lipinski definition) is 7. The second-order valence-corrected chi connectivity index (χ2v) is 9.53. The van der Waals surface area contributed by atoms with Crippen LogP contribution in [0.4, 0.5) is 0 Å². The summed E-state index contributed by atoms with van der Waals surface area (Å²) in [5.74, 6) is 0.109. The number of benzene rings is 2. The molecule has 1 aromatic heterocycles. The minimum Gasteiger partial charge on any atom is -0.467 e. The zero-order valence-electron chi connectivity index (χ0n) is 20.6. The van der Waals surface area contributed by atoms with Crippen LogP contribution in [-0.2, 0) is 20.9 Å². The van der Waals surface area contributed by atoms with Crippen molar-refractivity contribution in [3.8, 4) is 0 Å². The van der Waals surface area contributed by atoms with Crippen LogP contribution in [0.2, 0.25) is 0 Å². The number of nitrogens with zero attached hydrogens (tertiary/aromatic N) is 2. The van der Waals surface area contributed by atoms with E-state index in [-0.39, 0.29) is 18.9 Å². The molecule has 8 heteroatoms. The van der Waals surface area contributed by atoms with Gasteiger partial charge in [0.1, 0.15) is 5.76 Å². The molecule has 0 saturated heterocycles. The molecule has 2 aliphatic rings. The maximum atomic E-state index is 13.5. The summed E-state index contributed by atoms with van der Waals surface area (Å²) in [6.07, 6.45) is 1.71. The van der Waals surface area contributed by atoms with Gasteiger partial charge < -0.3 is 19.4 Å². The molecule has 2 aromatic carbocycles. The van der Waals surface area contributed by atoms with E-state index in [9.17, 15) is 9.59 Å². The van der Waals surface area contributed by atoms with Crippen molar-refractivity contribution in [3.63, 3.8) is 0 Å². The maximum absolute atomic E-state index is 13.5. The Bertz CT molecular complexity index is 1390. The number of hydrogen-bond donors (Lipinski definition) is 1. The molecule has 3 aromatic rings. The number of nitrogens with one attached hydrogen (secondary N) is 1. The van der Waals surface area contributed by atoms with Crippen LogP contribution in [0.25, 0.3) is 5.70 Å². The van der Waals surface area contributed by atoms with E-state index < -0.39 is 12.0 Å². The van der Waals surface area contributed by atoms with Crippen molar-refractivity contribution in [1.29, 1.82) is 0 Å². The number of furan rings is 1. The summed E-state index contributed by atoms with van der Waals surface area (Å²) in [6.45, 7) is 4.36. The Balaban J connectivity index is 1.55. The molecule has 3 heterocycles. The molecular weight excluding hydrogens is 486 g/mol. The van der Waals surface area contributed by atoms with Gasteiger partial charge in [0.05, 0.1) is 43.1 Å². The number of carbonyl (C=O) groups excluding carboxylic acids is 2. The molecule has 2 aliphatic heterocycles. The highest BCUT2D eigenvalue weighted by molar-refractivity contribution is 8.16. The normalized spacial score (nSPS) is 16.7. The van der Waals surface area contributed by atoms with Crippen molar-refractivity contribution in [1.82, 2.24) is 10.2 Å². The minimum atomic E-state index is -0.499. The van der Waals surface area contributed by atoms with E-state index in [2.05, 4.69) is 11.4 Å². The second-order valence-electron chi connectivity index (χ2n) is 8.69. The quantitative estimate of drug-likeness (QED) is 0.397. The Kier molecular flexibility index (Phi) is 7.28. The van der Waals surface area contributed by atoms with Gasteiger partial charge in [0.2, 0.25) is 5.91 Å². The second kappa shape index (κ2) is 10.9. The molecule has 0 radical (unpaired) electrons. The van der Waals surface area contributed by atoms with Gasteiger partial charge in [0.25, 0.3) is 0 Å². The van der Waals surface area contributed by atoms with Crippen LogP contribution < -0.4 is 5.32 Å². The van der Waals surface area contributed by atoms with E-state index >= 15 is 0 Å². The summed E-state index contributed by atoms with van der Waals surface area (Å²) in [5.41, 5.74) is 4.63. The van der Waals surface area contributed by atoms with Gasteiger partial charge in [-0.3, -0.25) is 4.79 Å². The molecular formula is C29H27N3O4S. The van der Waals surface area contributed by atoms with E-state index in [1.54, 1.807) is 19.3 Å². The average molecular weight is 514 g/mol. The molecule has 0 saturated carbocycles. The summed E-state index contributed by atoms with van der Waals surface area (Å²) in [5, 5.41) is 5.56. The Morgan fingerprint density at radius 3 is 2.68 bits per heavy atom. The van der Waals surface area contributed by atoms with E-state index in [4.69, 9.17) is 14.1 Å². The topological polar surface area (TPSA) is 84.1 Å². The average Bonchev–Trinajstić information content (AvgIpc) is 3.57. The van der Waals surface area contributed by atoms with Crippen LogP contribution in [0.15, 0.2) is 99.1 Å². The van der Waals surface area contributed by atoms with E-state index in [1.807, 2.05) is 71.8 Å². The number of rotatable bonds is 8. The molecule has 7 nitrogen and oxygen atoms in total. The van der Waals surface area contributed by atoms with Crippen LogP contribution in [-0.4, -0.2) is 28.6 Å². The lowest BCUT2D eigenvalue weighted by Gasteiger charge is -2.37. The molecule has 0 aliphatic carbocycles. The first-order valence-corrected chi connectivity index (χ1v) is 13.0. The lowest BCUT2D eigenvalue weighted by Crippen LogP contribution is -2.38. The van der Waals surface area contributed by atoms with Gasteiger partial charge in [0.15, 0.2) is 5.17 Å². The first kappa shape index (κ1) is 24.6. The Hall–Kier alpha value is -4.04. The predicted molar refractivity (Wildman–Crippen MR) is 144 cm³/mol. The van der Waals surface area contributed by atoms with Gasteiger partial charge in [0, 0.05) is 11.3 Å². The first-order valence-electron chi connectivity index (χ1n) is 12.1. The third-order valence-electron chi connectivity index (χ3n) is 6.09. The number of amidine groups is 1. The number of carbonyl (C=O) groups is 2. The molecule has 0 fully saturated rings. The number of aliphatic imine (C=N–C) groups is 1. The van der Waals surface area contributed by atoms with Crippen molar-refractivity contribution in [2.24, 2.45) is 4.99 Å². The SMILES string of the molecule is CCOC(=O)C1=C(c2ccccc2)N=C2SC=C(CC(=O)NCc3ccco3)N2[C@@H]1c1cccc(C)c1. The van der Waals surface area contributed by atoms with Gasteiger partial charge in [-0.15, -0.1) is 0 Å². The lowest BCUT2D eigenvalue weighted by molar-refractivity contribution is -0.139. The zero-order valence-corrected chi connectivity index (χ0v) is 21.5. The molecule has 188 valence electrons. The summed E-state index contributed by atoms with van der Waals surface area (Å²) >= 11 is 1.45. The van der Waals surface area contributed by atoms with Crippen LogP contribution >= 0.6 is 11.8 Å². The van der Waals surface area contributed by atoms with Crippen LogP contribution in [0.5, 0.6) is 0 Å². The third-order valence-corrected chi connectivity index (χ3v) is 6.98. The number of esters is 1. The monoisotopic (exact) mass is 513 g/mol. The fraction of sp³-hybridized carbons (Fsp3) is 0.207. The molecule has 1 N–H and O–H groups in total. The standard InChI is InChI=1S/C29H27N3O4S/c1-3-35-28(34)25-26(20-10-5-4-6-11-20)31-29-32(27(25)21-12-7-9-19(2)15-21)22(18-37-29)16-24(33)30-17-23-13-8-14-36-23/h4-15,18,27H,3,16-17H2,1-2H3,(H,30,33)/t27-/m1/s1. The van der Waals surface area contributed by atoms with E-state index in [0.29, 0.717) is 28.7 Å². The molecule has 0 bridgehead atoms. The van der Waals surface area contributed by atoms with Gasteiger partial charge in [-0.2, -0.15) is 0 Å². The summed E-state index contributed by atoms with van der Waals surface area (Å²) < 4.78 is 10.9. The van der Waals surface area contributed by atoms with Crippen molar-refractivity contribution < 1.29 is 18.7 Å². The lowest BCUT2D eigenvalue weighted by atomic mass is 9.90. The van der Waals surface area contributed by atoms with Crippen molar-refractivity contribution in [2.75, 3.05) is 6.61 Å². The van der Waals surface area contributed by atoms with Crippen LogP contribution in [0.3, 0.4) is 0 Å². The highest BCUT2D eigenvalue weighted by Gasteiger charge is 2.42. The van der Waals surface area contributed by atoms with Crippen molar-refractivity contribution >= 4 is 34.5 Å². The van der Waals surface area contributed by atoms with E-state index in [1.165, 1.54) is 11.8 Å². The molecule has 0 unspecified atom stereocenters. The predicted octanol–water partition coefficient (Wildman–Crippen LogP) is 5.57. The number of aryl methyl sites for hydroxylation is 1. The maximum Gasteiger partial charge on any atom is 0.338 e. The summed E-state index contributed by atoms with van der Waals surface area (Å²) in [4.78, 5) is 33.3. The van der Waals surface area contributed by atoms with Crippen molar-refractivity contribution in [3.05, 3.63) is 112 Å². The van der Waals surface area contributed by atoms with Gasteiger partial charge >= 0.3 is 5.97 Å². The number of amides is 1. The summed E-state index contributed by atoms with van der Waals surface area (Å²) in [7, 11) is 0. The zero-order chi connectivity index (χ0) is 25.8. The smallest absolute Gasteiger partial charge is 0.338 e. The molecule has 1 amide bonds. The molecule has 37 heavy (non-hydrogen) atoms. The number of fused-ring (bicyclic) bond motifs is 1. The van der Waals surface area contributed by atoms with E-state index in [0.717, 1.165) is 22.4 Å². The minimum absolute atomic E-state index is 0.131. The van der Waals surface area contributed by atoms with Gasteiger partial charge in [-0.05, 0) is 37.0 Å². The Morgan fingerprint density at radius 1 is 1.11 bits per heavy atom. The summed E-state index contributed by atoms with van der Waals surface area (Å²) in [6, 6.07) is 20.8. The largest absolute Gasteiger partial charge is 0.467 e. The van der Waals surface area contributed by atoms with Crippen molar-refractivity contribution in [2.45, 2.75) is 32.9 Å². The first-order chi connectivity index (χ1) is 18.0. The fourth-order valence-corrected chi connectivity index (χ4v) is 5.39. The third kappa shape index (κ3) is 5.24. The highest BCUT2D eigenvalue weighted by atomic mass is 32.2. The number of ether oxygens (including phenoxy) is 1. The molecule has 5 rings (SSSR count). The Labute approximate surface area is 219 Å². The fourth-order valence-electron chi connectivity index (χ4n) is 4.47. The number of thioether (sulfide) groups is 1.